The van der Waals surface area contributed by atoms with Crippen molar-refractivity contribution >= 4 is 11.6 Å². The van der Waals surface area contributed by atoms with Crippen molar-refractivity contribution in [1.82, 2.24) is 4.98 Å². The van der Waals surface area contributed by atoms with E-state index in [9.17, 15) is 9.59 Å². The Bertz CT molecular complexity index is 388. The molecule has 0 bridgehead atoms. The molecule has 0 saturated heterocycles. The van der Waals surface area contributed by atoms with Crippen LogP contribution in [0.4, 0.5) is 0 Å². The first kappa shape index (κ1) is 12.5. The van der Waals surface area contributed by atoms with Crippen LogP contribution in [0.3, 0.4) is 0 Å². The first-order valence-electron chi connectivity index (χ1n) is 5.11. The number of aryl methyl sites for hydroxylation is 1. The van der Waals surface area contributed by atoms with Crippen LogP contribution in [0.15, 0.2) is 18.2 Å². The van der Waals surface area contributed by atoms with Crippen molar-refractivity contribution in [3.05, 3.63) is 29.6 Å². The topological polar surface area (TPSA) is 56.3 Å². The molecule has 0 aliphatic carbocycles. The monoisotopic (exact) mass is 221 g/mol. The molecule has 0 fully saturated rings. The minimum Gasteiger partial charge on any atom is -0.377 e. The van der Waals surface area contributed by atoms with Gasteiger partial charge >= 0.3 is 0 Å². The first-order chi connectivity index (χ1) is 7.63. The summed E-state index contributed by atoms with van der Waals surface area (Å²) in [4.78, 5) is 26.9. The Hall–Kier alpha value is -1.55. The fourth-order valence-corrected chi connectivity index (χ4v) is 1.31. The molecule has 0 spiro atoms. The number of ketones is 2. The Morgan fingerprint density at radius 1 is 1.31 bits per heavy atom. The largest absolute Gasteiger partial charge is 0.377 e. The second-order valence-corrected chi connectivity index (χ2v) is 3.56. The van der Waals surface area contributed by atoms with Gasteiger partial charge in [0.15, 0.2) is 11.6 Å². The molecule has 0 saturated carbocycles. The molecule has 0 radical (unpaired) electrons. The van der Waals surface area contributed by atoms with Crippen molar-refractivity contribution in [2.24, 2.45) is 0 Å². The average molecular weight is 221 g/mol. The van der Waals surface area contributed by atoms with E-state index in [0.29, 0.717) is 5.69 Å². The maximum atomic E-state index is 11.7. The van der Waals surface area contributed by atoms with Gasteiger partial charge < -0.3 is 4.74 Å². The van der Waals surface area contributed by atoms with Gasteiger partial charge in [-0.25, -0.2) is 0 Å². The summed E-state index contributed by atoms with van der Waals surface area (Å²) in [5.41, 5.74) is 1.22. The van der Waals surface area contributed by atoms with Crippen LogP contribution < -0.4 is 0 Å². The number of hydrogen-bond acceptors (Lipinski definition) is 4. The second kappa shape index (κ2) is 6.12. The number of ether oxygens (including phenoxy) is 1. The standard InChI is InChI=1S/C12H15NO3/c1-9-4-3-5-11(13-9)12(15)7-6-10(14)8-16-2/h3-5H,6-8H2,1-2H3. The number of rotatable bonds is 6. The highest BCUT2D eigenvalue weighted by molar-refractivity contribution is 5.96. The molecule has 0 unspecified atom stereocenters. The molecule has 0 atom stereocenters. The molecule has 0 N–H and O–H groups in total. The molecule has 0 aliphatic heterocycles. The maximum absolute atomic E-state index is 11.7. The molecule has 1 heterocycles. The third kappa shape index (κ3) is 3.90. The van der Waals surface area contributed by atoms with Crippen molar-refractivity contribution in [1.29, 1.82) is 0 Å². The molecule has 0 amide bonds. The number of pyridine rings is 1. The van der Waals surface area contributed by atoms with Crippen LogP contribution in [0, 0.1) is 6.92 Å². The number of methoxy groups -OCH3 is 1. The fraction of sp³-hybridized carbons (Fsp3) is 0.417. The van der Waals surface area contributed by atoms with E-state index in [2.05, 4.69) is 9.72 Å². The summed E-state index contributed by atoms with van der Waals surface area (Å²) in [6.07, 6.45) is 0.404. The predicted molar refractivity (Wildman–Crippen MR) is 59.4 cm³/mol. The minimum atomic E-state index is -0.104. The van der Waals surface area contributed by atoms with E-state index < -0.39 is 0 Å². The van der Waals surface area contributed by atoms with E-state index in [4.69, 9.17) is 0 Å². The molecule has 0 aromatic carbocycles. The molecule has 1 aromatic rings. The average Bonchev–Trinajstić information content (AvgIpc) is 2.26. The van der Waals surface area contributed by atoms with Crippen molar-refractivity contribution in [2.45, 2.75) is 19.8 Å². The van der Waals surface area contributed by atoms with Gasteiger partial charge in [-0.15, -0.1) is 0 Å². The van der Waals surface area contributed by atoms with Gasteiger partial charge in [-0.1, -0.05) is 6.07 Å². The van der Waals surface area contributed by atoms with Crippen LogP contribution in [0.1, 0.15) is 29.0 Å². The third-order valence-corrected chi connectivity index (χ3v) is 2.11. The molecular formula is C12H15NO3. The number of carbonyl (C=O) groups is 2. The van der Waals surface area contributed by atoms with Crippen LogP contribution in [0.2, 0.25) is 0 Å². The Labute approximate surface area is 94.6 Å². The summed E-state index contributed by atoms with van der Waals surface area (Å²) in [5, 5.41) is 0. The van der Waals surface area contributed by atoms with E-state index in [1.807, 2.05) is 13.0 Å². The van der Waals surface area contributed by atoms with Gasteiger partial charge in [0.25, 0.3) is 0 Å². The van der Waals surface area contributed by atoms with E-state index in [-0.39, 0.29) is 31.0 Å². The zero-order valence-corrected chi connectivity index (χ0v) is 9.53. The summed E-state index contributed by atoms with van der Waals surface area (Å²) in [7, 11) is 1.46. The smallest absolute Gasteiger partial charge is 0.181 e. The van der Waals surface area contributed by atoms with E-state index in [1.165, 1.54) is 7.11 Å². The van der Waals surface area contributed by atoms with Gasteiger partial charge in [-0.3, -0.25) is 14.6 Å². The molecule has 4 nitrogen and oxygen atoms in total. The van der Waals surface area contributed by atoms with Crippen LogP contribution in [0.25, 0.3) is 0 Å². The van der Waals surface area contributed by atoms with Crippen LogP contribution >= 0.6 is 0 Å². The Kier molecular flexibility index (Phi) is 4.79. The van der Waals surface area contributed by atoms with E-state index in [1.54, 1.807) is 12.1 Å². The minimum absolute atomic E-state index is 0.0640. The molecule has 1 aromatic heterocycles. The fourth-order valence-electron chi connectivity index (χ4n) is 1.31. The molecule has 1 rings (SSSR count). The number of hydrogen-bond donors (Lipinski definition) is 0. The number of carbonyl (C=O) groups excluding carboxylic acids is 2. The lowest BCUT2D eigenvalue weighted by Gasteiger charge is -2.01. The SMILES string of the molecule is COCC(=O)CCC(=O)c1cccc(C)n1. The number of Topliss-reactive ketones (excluding diaryl/α,β-unsaturated/α-hetero) is 2. The van der Waals surface area contributed by atoms with Gasteiger partial charge in [0.1, 0.15) is 12.3 Å². The van der Waals surface area contributed by atoms with Gasteiger partial charge in [0.05, 0.1) is 0 Å². The lowest BCUT2D eigenvalue weighted by atomic mass is 10.1. The highest BCUT2D eigenvalue weighted by Crippen LogP contribution is 2.04. The molecule has 16 heavy (non-hydrogen) atoms. The Balaban J connectivity index is 2.50. The van der Waals surface area contributed by atoms with Crippen molar-refractivity contribution in [2.75, 3.05) is 13.7 Å². The lowest BCUT2D eigenvalue weighted by molar-refractivity contribution is -0.122. The third-order valence-electron chi connectivity index (χ3n) is 2.11. The summed E-state index contributed by atoms with van der Waals surface area (Å²) in [6, 6.07) is 5.27. The van der Waals surface area contributed by atoms with Crippen LogP contribution in [-0.2, 0) is 9.53 Å². The number of nitrogens with zero attached hydrogens (tertiary/aromatic N) is 1. The number of aromatic nitrogens is 1. The predicted octanol–water partition coefficient (Wildman–Crippen LogP) is 1.57. The van der Waals surface area contributed by atoms with E-state index in [0.717, 1.165) is 5.69 Å². The normalized spacial score (nSPS) is 10.1. The summed E-state index contributed by atoms with van der Waals surface area (Å²) in [5.74, 6) is -0.170. The molecule has 86 valence electrons. The zero-order valence-electron chi connectivity index (χ0n) is 9.53. The van der Waals surface area contributed by atoms with Crippen molar-refractivity contribution in [3.63, 3.8) is 0 Å². The summed E-state index contributed by atoms with van der Waals surface area (Å²) >= 11 is 0. The van der Waals surface area contributed by atoms with Gasteiger partial charge in [-0.05, 0) is 19.1 Å². The Morgan fingerprint density at radius 3 is 2.69 bits per heavy atom. The highest BCUT2D eigenvalue weighted by Gasteiger charge is 2.10. The summed E-state index contributed by atoms with van der Waals surface area (Å²) in [6.45, 7) is 1.89. The zero-order chi connectivity index (χ0) is 12.0. The van der Waals surface area contributed by atoms with Gasteiger partial charge in [0, 0.05) is 25.6 Å². The van der Waals surface area contributed by atoms with Gasteiger partial charge in [0.2, 0.25) is 0 Å². The van der Waals surface area contributed by atoms with Crippen LogP contribution in [0.5, 0.6) is 0 Å². The highest BCUT2D eigenvalue weighted by atomic mass is 16.5. The molecular weight excluding hydrogens is 206 g/mol. The Morgan fingerprint density at radius 2 is 2.06 bits per heavy atom. The molecule has 4 heteroatoms. The molecule has 0 aliphatic rings. The van der Waals surface area contributed by atoms with Crippen LogP contribution in [-0.4, -0.2) is 30.3 Å². The first-order valence-corrected chi connectivity index (χ1v) is 5.11. The van der Waals surface area contributed by atoms with Gasteiger partial charge in [-0.2, -0.15) is 0 Å². The quantitative estimate of drug-likeness (QED) is 0.684. The van der Waals surface area contributed by atoms with E-state index >= 15 is 0 Å². The van der Waals surface area contributed by atoms with Crippen molar-refractivity contribution in [3.8, 4) is 0 Å². The summed E-state index contributed by atoms with van der Waals surface area (Å²) < 4.78 is 4.68. The second-order valence-electron chi connectivity index (χ2n) is 3.56. The lowest BCUT2D eigenvalue weighted by Crippen LogP contribution is -2.10. The maximum Gasteiger partial charge on any atom is 0.181 e. The van der Waals surface area contributed by atoms with Crippen molar-refractivity contribution < 1.29 is 14.3 Å².